The van der Waals surface area contributed by atoms with Gasteiger partial charge >= 0.3 is 0 Å². The SMILES string of the molecule is CCCCOc1ccc(C(CNC(C)=O)(NCCC2CCNCC2)c2ccncc2)cc1. The molecule has 3 N–H and O–H groups in total. The number of piperidine rings is 1. The van der Waals surface area contributed by atoms with Crippen LogP contribution in [0.1, 0.15) is 57.1 Å². The first-order valence-electron chi connectivity index (χ1n) is 12.0. The Bertz CT molecular complexity index is 806. The van der Waals surface area contributed by atoms with Gasteiger partial charge in [0.2, 0.25) is 5.91 Å². The maximum atomic E-state index is 11.9. The molecule has 2 heterocycles. The average molecular weight is 439 g/mol. The highest BCUT2D eigenvalue weighted by Gasteiger charge is 2.34. The van der Waals surface area contributed by atoms with Crippen LogP contribution in [0.25, 0.3) is 0 Å². The van der Waals surface area contributed by atoms with Gasteiger partial charge in [0.05, 0.1) is 12.1 Å². The summed E-state index contributed by atoms with van der Waals surface area (Å²) in [5, 5.41) is 10.3. The summed E-state index contributed by atoms with van der Waals surface area (Å²) in [6.07, 6.45) is 9.35. The van der Waals surface area contributed by atoms with Gasteiger partial charge in [0.25, 0.3) is 0 Å². The Kier molecular flexibility index (Phi) is 9.50. The van der Waals surface area contributed by atoms with E-state index in [1.54, 1.807) is 6.92 Å². The van der Waals surface area contributed by atoms with Crippen molar-refractivity contribution >= 4 is 5.91 Å². The largest absolute Gasteiger partial charge is 0.494 e. The fourth-order valence-corrected chi connectivity index (χ4v) is 4.36. The maximum Gasteiger partial charge on any atom is 0.216 e. The second-order valence-electron chi connectivity index (χ2n) is 8.69. The molecule has 1 saturated heterocycles. The molecule has 1 aliphatic rings. The van der Waals surface area contributed by atoms with Gasteiger partial charge in [-0.15, -0.1) is 0 Å². The van der Waals surface area contributed by atoms with Crippen LogP contribution in [0.15, 0.2) is 48.8 Å². The number of nitrogens with zero attached hydrogens (tertiary/aromatic N) is 1. The van der Waals surface area contributed by atoms with E-state index in [2.05, 4.69) is 40.0 Å². The van der Waals surface area contributed by atoms with Gasteiger partial charge in [-0.2, -0.15) is 0 Å². The van der Waals surface area contributed by atoms with Crippen molar-refractivity contribution in [3.05, 3.63) is 59.9 Å². The molecule has 0 saturated carbocycles. The minimum Gasteiger partial charge on any atom is -0.494 e. The van der Waals surface area contributed by atoms with Gasteiger partial charge in [0.1, 0.15) is 5.75 Å². The molecule has 0 bridgehead atoms. The van der Waals surface area contributed by atoms with Crippen LogP contribution in [0.2, 0.25) is 0 Å². The van der Waals surface area contributed by atoms with Crippen LogP contribution in [-0.2, 0) is 10.3 Å². The van der Waals surface area contributed by atoms with Gasteiger partial charge in [-0.25, -0.2) is 0 Å². The van der Waals surface area contributed by atoms with Crippen LogP contribution in [0.4, 0.5) is 0 Å². The Balaban J connectivity index is 1.85. The zero-order valence-electron chi connectivity index (χ0n) is 19.5. The molecule has 1 aromatic heterocycles. The molecule has 1 unspecified atom stereocenters. The topological polar surface area (TPSA) is 75.3 Å². The molecular formula is C26H38N4O2. The standard InChI is InChI=1S/C26H38N4O2/c1-3-4-19-32-25-7-5-23(6-8-25)26(20-29-21(2)31,24-12-16-28-17-13-24)30-18-11-22-9-14-27-15-10-22/h5-8,12-13,16-17,22,27,30H,3-4,9-11,14-15,18-20H2,1-2H3,(H,29,31). The summed E-state index contributed by atoms with van der Waals surface area (Å²) in [7, 11) is 0. The van der Waals surface area contributed by atoms with Crippen molar-refractivity contribution < 1.29 is 9.53 Å². The predicted molar refractivity (Wildman–Crippen MR) is 129 cm³/mol. The van der Waals surface area contributed by atoms with Crippen molar-refractivity contribution in [2.75, 3.05) is 32.8 Å². The van der Waals surface area contributed by atoms with E-state index < -0.39 is 5.54 Å². The lowest BCUT2D eigenvalue weighted by molar-refractivity contribution is -0.119. The van der Waals surface area contributed by atoms with Crippen molar-refractivity contribution in [2.45, 2.75) is 51.5 Å². The van der Waals surface area contributed by atoms with Gasteiger partial charge in [0.15, 0.2) is 0 Å². The van der Waals surface area contributed by atoms with Crippen LogP contribution < -0.4 is 20.7 Å². The number of hydrogen-bond donors (Lipinski definition) is 3. The Hall–Kier alpha value is -2.44. The Morgan fingerprint density at radius 3 is 2.47 bits per heavy atom. The Morgan fingerprint density at radius 1 is 1.12 bits per heavy atom. The predicted octanol–water partition coefficient (Wildman–Crippen LogP) is 3.62. The molecule has 0 aliphatic carbocycles. The van der Waals surface area contributed by atoms with Gasteiger partial charge in [-0.3, -0.25) is 9.78 Å². The summed E-state index contributed by atoms with van der Waals surface area (Å²) in [5.74, 6) is 1.57. The average Bonchev–Trinajstić information content (AvgIpc) is 2.83. The third-order valence-corrected chi connectivity index (χ3v) is 6.33. The second-order valence-corrected chi connectivity index (χ2v) is 8.69. The van der Waals surface area contributed by atoms with Crippen molar-refractivity contribution in [1.82, 2.24) is 20.9 Å². The quantitative estimate of drug-likeness (QED) is 0.441. The highest BCUT2D eigenvalue weighted by Crippen LogP contribution is 2.31. The van der Waals surface area contributed by atoms with Gasteiger partial charge < -0.3 is 20.7 Å². The number of hydrogen-bond acceptors (Lipinski definition) is 5. The molecule has 6 nitrogen and oxygen atoms in total. The molecule has 174 valence electrons. The number of nitrogens with one attached hydrogen (secondary N) is 3. The summed E-state index contributed by atoms with van der Waals surface area (Å²) in [5.41, 5.74) is 1.65. The van der Waals surface area contributed by atoms with Gasteiger partial charge in [-0.05, 0) is 86.6 Å². The summed E-state index contributed by atoms with van der Waals surface area (Å²) in [6.45, 7) is 8.00. The van der Waals surface area contributed by atoms with Gasteiger partial charge in [0, 0.05) is 25.9 Å². The molecule has 0 radical (unpaired) electrons. The van der Waals surface area contributed by atoms with E-state index in [4.69, 9.17) is 4.74 Å². The molecule has 2 aromatic rings. The molecule has 1 amide bonds. The monoisotopic (exact) mass is 438 g/mol. The van der Waals surface area contributed by atoms with Crippen LogP contribution in [0.5, 0.6) is 5.75 Å². The summed E-state index contributed by atoms with van der Waals surface area (Å²) in [6, 6.07) is 12.4. The number of carbonyl (C=O) groups excluding carboxylic acids is 1. The smallest absolute Gasteiger partial charge is 0.216 e. The minimum absolute atomic E-state index is 0.0388. The van der Waals surface area contributed by atoms with E-state index in [1.165, 1.54) is 12.8 Å². The molecule has 0 spiro atoms. The third kappa shape index (κ3) is 6.78. The number of unbranched alkanes of at least 4 members (excludes halogenated alkanes) is 1. The zero-order chi connectivity index (χ0) is 22.7. The van der Waals surface area contributed by atoms with Crippen molar-refractivity contribution in [3.63, 3.8) is 0 Å². The number of aromatic nitrogens is 1. The Labute approximate surface area is 192 Å². The molecule has 1 aliphatic heterocycles. The number of rotatable bonds is 12. The fourth-order valence-electron chi connectivity index (χ4n) is 4.36. The van der Waals surface area contributed by atoms with E-state index in [1.807, 2.05) is 36.7 Å². The first-order valence-corrected chi connectivity index (χ1v) is 12.0. The van der Waals surface area contributed by atoms with Crippen molar-refractivity contribution in [1.29, 1.82) is 0 Å². The highest BCUT2D eigenvalue weighted by atomic mass is 16.5. The van der Waals surface area contributed by atoms with E-state index in [9.17, 15) is 4.79 Å². The third-order valence-electron chi connectivity index (χ3n) is 6.33. The van der Waals surface area contributed by atoms with E-state index in [0.717, 1.165) is 68.3 Å². The highest BCUT2D eigenvalue weighted by molar-refractivity contribution is 5.73. The maximum absolute atomic E-state index is 11.9. The number of amides is 1. The number of carbonyl (C=O) groups is 1. The molecule has 6 heteroatoms. The van der Waals surface area contributed by atoms with Crippen molar-refractivity contribution in [3.8, 4) is 5.75 Å². The second kappa shape index (κ2) is 12.6. The number of ether oxygens (including phenoxy) is 1. The number of pyridine rings is 1. The Morgan fingerprint density at radius 2 is 1.81 bits per heavy atom. The molecule has 1 aromatic carbocycles. The molecule has 32 heavy (non-hydrogen) atoms. The van der Waals surface area contributed by atoms with E-state index in [0.29, 0.717) is 6.54 Å². The normalized spacial score (nSPS) is 16.3. The fraction of sp³-hybridized carbons (Fsp3) is 0.538. The molecule has 1 fully saturated rings. The summed E-state index contributed by atoms with van der Waals surface area (Å²) >= 11 is 0. The molecule has 3 rings (SSSR count). The lowest BCUT2D eigenvalue weighted by Gasteiger charge is -2.37. The van der Waals surface area contributed by atoms with E-state index >= 15 is 0 Å². The van der Waals surface area contributed by atoms with Crippen LogP contribution in [0.3, 0.4) is 0 Å². The molecular weight excluding hydrogens is 400 g/mol. The lowest BCUT2D eigenvalue weighted by atomic mass is 9.82. The zero-order valence-corrected chi connectivity index (χ0v) is 19.5. The lowest BCUT2D eigenvalue weighted by Crippen LogP contribution is -2.52. The first kappa shape index (κ1) is 24.2. The van der Waals surface area contributed by atoms with Crippen LogP contribution >= 0.6 is 0 Å². The first-order chi connectivity index (χ1) is 15.6. The van der Waals surface area contributed by atoms with Crippen LogP contribution in [0, 0.1) is 5.92 Å². The van der Waals surface area contributed by atoms with Crippen LogP contribution in [-0.4, -0.2) is 43.7 Å². The van der Waals surface area contributed by atoms with Crippen molar-refractivity contribution in [2.24, 2.45) is 5.92 Å². The molecule has 1 atom stereocenters. The van der Waals surface area contributed by atoms with Gasteiger partial charge in [-0.1, -0.05) is 25.5 Å². The minimum atomic E-state index is -0.538. The van der Waals surface area contributed by atoms with E-state index in [-0.39, 0.29) is 5.91 Å². The number of benzene rings is 1. The summed E-state index contributed by atoms with van der Waals surface area (Å²) < 4.78 is 5.87. The summed E-state index contributed by atoms with van der Waals surface area (Å²) in [4.78, 5) is 16.1.